The first-order valence-electron chi connectivity index (χ1n) is 5.98. The minimum absolute atomic E-state index is 0.673. The van der Waals surface area contributed by atoms with Crippen molar-refractivity contribution in [1.29, 1.82) is 0 Å². The van der Waals surface area contributed by atoms with Gasteiger partial charge in [0.05, 0.1) is 5.60 Å². The summed E-state index contributed by atoms with van der Waals surface area (Å²) < 4.78 is 0. The number of aryl methyl sites for hydroxylation is 1. The lowest BCUT2D eigenvalue weighted by Gasteiger charge is -2.24. The van der Waals surface area contributed by atoms with Gasteiger partial charge in [0.2, 0.25) is 0 Å². The Morgan fingerprint density at radius 1 is 1.12 bits per heavy atom. The molecule has 0 bridgehead atoms. The SMILES string of the molecule is OC1(Cc2ccncc2)CCc2ccccc21. The lowest BCUT2D eigenvalue weighted by Crippen LogP contribution is -2.25. The summed E-state index contributed by atoms with van der Waals surface area (Å²) in [6.07, 6.45) is 6.01. The number of pyridine rings is 1. The van der Waals surface area contributed by atoms with Crippen LogP contribution in [0.5, 0.6) is 0 Å². The molecule has 0 radical (unpaired) electrons. The maximum absolute atomic E-state index is 10.8. The molecule has 1 aliphatic rings. The molecule has 3 rings (SSSR count). The van der Waals surface area contributed by atoms with Gasteiger partial charge in [0.15, 0.2) is 0 Å². The van der Waals surface area contributed by atoms with Crippen molar-refractivity contribution in [1.82, 2.24) is 4.98 Å². The Kier molecular flexibility index (Phi) is 2.45. The van der Waals surface area contributed by atoms with Gasteiger partial charge in [-0.1, -0.05) is 24.3 Å². The van der Waals surface area contributed by atoms with Gasteiger partial charge in [-0.2, -0.15) is 0 Å². The van der Waals surface area contributed by atoms with Crippen molar-refractivity contribution in [3.63, 3.8) is 0 Å². The van der Waals surface area contributed by atoms with Gasteiger partial charge in [-0.15, -0.1) is 0 Å². The maximum atomic E-state index is 10.8. The van der Waals surface area contributed by atoms with Gasteiger partial charge < -0.3 is 5.11 Å². The molecule has 2 aromatic rings. The summed E-state index contributed by atoms with van der Waals surface area (Å²) in [6, 6.07) is 12.1. The van der Waals surface area contributed by atoms with Crippen molar-refractivity contribution in [2.24, 2.45) is 0 Å². The van der Waals surface area contributed by atoms with E-state index in [-0.39, 0.29) is 0 Å². The van der Waals surface area contributed by atoms with Crippen molar-refractivity contribution in [3.05, 3.63) is 65.5 Å². The quantitative estimate of drug-likeness (QED) is 0.851. The third-order valence-electron chi connectivity index (χ3n) is 3.57. The molecule has 2 nitrogen and oxygen atoms in total. The van der Waals surface area contributed by atoms with E-state index in [0.717, 1.165) is 24.0 Å². The molecule has 0 aliphatic heterocycles. The second kappa shape index (κ2) is 3.97. The average Bonchev–Trinajstić information content (AvgIpc) is 2.69. The number of fused-ring (bicyclic) bond motifs is 1. The number of aromatic nitrogens is 1. The summed E-state index contributed by atoms with van der Waals surface area (Å²) in [7, 11) is 0. The van der Waals surface area contributed by atoms with Gasteiger partial charge in [0, 0.05) is 18.8 Å². The van der Waals surface area contributed by atoms with E-state index in [0.29, 0.717) is 6.42 Å². The highest BCUT2D eigenvalue weighted by Gasteiger charge is 2.36. The van der Waals surface area contributed by atoms with Crippen LogP contribution in [0.4, 0.5) is 0 Å². The molecule has 0 saturated heterocycles. The molecule has 1 heterocycles. The number of benzene rings is 1. The fourth-order valence-electron chi connectivity index (χ4n) is 2.69. The Morgan fingerprint density at radius 3 is 2.71 bits per heavy atom. The van der Waals surface area contributed by atoms with Crippen LogP contribution in [0.25, 0.3) is 0 Å². The Bertz CT molecular complexity index is 523. The standard InChI is InChI=1S/C15H15NO/c17-15(11-12-6-9-16-10-7-12)8-5-13-3-1-2-4-14(13)15/h1-4,6-7,9-10,17H,5,8,11H2. The third kappa shape index (κ3) is 1.85. The molecule has 1 aliphatic carbocycles. The molecule has 0 fully saturated rings. The molecule has 1 aromatic heterocycles. The first-order chi connectivity index (χ1) is 8.28. The Morgan fingerprint density at radius 2 is 1.88 bits per heavy atom. The second-order valence-corrected chi connectivity index (χ2v) is 4.72. The van der Waals surface area contributed by atoms with E-state index in [2.05, 4.69) is 11.1 Å². The number of hydrogen-bond acceptors (Lipinski definition) is 2. The first kappa shape index (κ1) is 10.5. The molecule has 1 atom stereocenters. The van der Waals surface area contributed by atoms with Crippen LogP contribution in [0.15, 0.2) is 48.8 Å². The van der Waals surface area contributed by atoms with E-state index in [9.17, 15) is 5.11 Å². The summed E-state index contributed by atoms with van der Waals surface area (Å²) in [5.74, 6) is 0. The number of nitrogens with zero attached hydrogens (tertiary/aromatic N) is 1. The van der Waals surface area contributed by atoms with Crippen molar-refractivity contribution in [3.8, 4) is 0 Å². The van der Waals surface area contributed by atoms with Gasteiger partial charge in [-0.25, -0.2) is 0 Å². The minimum atomic E-state index is -0.696. The van der Waals surface area contributed by atoms with E-state index in [1.165, 1.54) is 5.56 Å². The normalized spacial score (nSPS) is 22.4. The number of hydrogen-bond donors (Lipinski definition) is 1. The lowest BCUT2D eigenvalue weighted by molar-refractivity contribution is 0.0389. The highest BCUT2D eigenvalue weighted by atomic mass is 16.3. The zero-order chi connectivity index (χ0) is 11.7. The van der Waals surface area contributed by atoms with Crippen molar-refractivity contribution < 1.29 is 5.11 Å². The molecule has 86 valence electrons. The average molecular weight is 225 g/mol. The Balaban J connectivity index is 1.94. The molecule has 17 heavy (non-hydrogen) atoms. The van der Waals surface area contributed by atoms with Crippen LogP contribution in [0, 0.1) is 0 Å². The maximum Gasteiger partial charge on any atom is 0.0942 e. The molecule has 0 spiro atoms. The molecule has 0 saturated carbocycles. The van der Waals surface area contributed by atoms with E-state index >= 15 is 0 Å². The van der Waals surface area contributed by atoms with Crippen LogP contribution in [-0.2, 0) is 18.4 Å². The minimum Gasteiger partial charge on any atom is -0.385 e. The largest absolute Gasteiger partial charge is 0.385 e. The van der Waals surface area contributed by atoms with Crippen molar-refractivity contribution >= 4 is 0 Å². The smallest absolute Gasteiger partial charge is 0.0942 e. The summed E-state index contributed by atoms with van der Waals surface area (Å²) in [5, 5.41) is 10.8. The Labute approximate surface area is 101 Å². The van der Waals surface area contributed by atoms with Crippen molar-refractivity contribution in [2.45, 2.75) is 24.9 Å². The van der Waals surface area contributed by atoms with Gasteiger partial charge in [0.25, 0.3) is 0 Å². The van der Waals surface area contributed by atoms with Crippen molar-refractivity contribution in [2.75, 3.05) is 0 Å². The van der Waals surface area contributed by atoms with Crippen LogP contribution in [0.1, 0.15) is 23.1 Å². The highest BCUT2D eigenvalue weighted by molar-refractivity contribution is 5.38. The molecular weight excluding hydrogens is 210 g/mol. The molecule has 2 heteroatoms. The van der Waals surface area contributed by atoms with Gasteiger partial charge in [-0.05, 0) is 41.7 Å². The van der Waals surface area contributed by atoms with E-state index in [1.807, 2.05) is 30.3 Å². The van der Waals surface area contributed by atoms with Crippen LogP contribution < -0.4 is 0 Å². The summed E-state index contributed by atoms with van der Waals surface area (Å²) in [6.45, 7) is 0. The Hall–Kier alpha value is -1.67. The fourth-order valence-corrected chi connectivity index (χ4v) is 2.69. The molecule has 1 aromatic carbocycles. The van der Waals surface area contributed by atoms with Gasteiger partial charge in [-0.3, -0.25) is 4.98 Å². The monoisotopic (exact) mass is 225 g/mol. The summed E-state index contributed by atoms with van der Waals surface area (Å²) in [5.41, 5.74) is 2.82. The van der Waals surface area contributed by atoms with Crippen LogP contribution in [0.3, 0.4) is 0 Å². The second-order valence-electron chi connectivity index (χ2n) is 4.72. The zero-order valence-corrected chi connectivity index (χ0v) is 9.63. The van der Waals surface area contributed by atoms with Gasteiger partial charge in [0.1, 0.15) is 0 Å². The summed E-state index contributed by atoms with van der Waals surface area (Å²) in [4.78, 5) is 4.01. The predicted molar refractivity (Wildman–Crippen MR) is 66.6 cm³/mol. The number of aliphatic hydroxyl groups is 1. The number of rotatable bonds is 2. The summed E-state index contributed by atoms with van der Waals surface area (Å²) >= 11 is 0. The van der Waals surface area contributed by atoms with E-state index in [4.69, 9.17) is 0 Å². The molecule has 1 N–H and O–H groups in total. The van der Waals surface area contributed by atoms with Crippen LogP contribution in [0.2, 0.25) is 0 Å². The highest BCUT2D eigenvalue weighted by Crippen LogP contribution is 2.38. The first-order valence-corrected chi connectivity index (χ1v) is 5.98. The van der Waals surface area contributed by atoms with Gasteiger partial charge >= 0.3 is 0 Å². The third-order valence-corrected chi connectivity index (χ3v) is 3.57. The van der Waals surface area contributed by atoms with Crippen LogP contribution in [-0.4, -0.2) is 10.1 Å². The molecule has 0 amide bonds. The predicted octanol–water partition coefficient (Wildman–Crippen LogP) is 2.46. The topological polar surface area (TPSA) is 33.1 Å². The van der Waals surface area contributed by atoms with E-state index < -0.39 is 5.60 Å². The lowest BCUT2D eigenvalue weighted by atomic mass is 9.89. The fraction of sp³-hybridized carbons (Fsp3) is 0.267. The molecular formula is C15H15NO. The van der Waals surface area contributed by atoms with E-state index in [1.54, 1.807) is 12.4 Å². The van der Waals surface area contributed by atoms with Crippen LogP contribution >= 0.6 is 0 Å². The zero-order valence-electron chi connectivity index (χ0n) is 9.63. The molecule has 1 unspecified atom stereocenters.